The van der Waals surface area contributed by atoms with Crippen molar-refractivity contribution in [3.63, 3.8) is 0 Å². The molecule has 0 bridgehead atoms. The summed E-state index contributed by atoms with van der Waals surface area (Å²) in [7, 11) is 0. The zero-order valence-electron chi connectivity index (χ0n) is 17.9. The minimum atomic E-state index is -0.856. The normalized spacial score (nSPS) is 12.5. The summed E-state index contributed by atoms with van der Waals surface area (Å²) in [4.78, 5) is 51.2. The average molecular weight is 469 g/mol. The zero-order chi connectivity index (χ0) is 24.5. The van der Waals surface area contributed by atoms with Gasteiger partial charge < -0.3 is 18.9 Å². The van der Waals surface area contributed by atoms with Gasteiger partial charge in [0.2, 0.25) is 5.76 Å². The van der Waals surface area contributed by atoms with Crippen LogP contribution in [0, 0.1) is 11.3 Å². The van der Waals surface area contributed by atoms with Crippen LogP contribution in [0.1, 0.15) is 42.6 Å². The molecule has 0 unspecified atom stereocenters. The number of carbonyl (C=O) groups excluding carboxylic acids is 4. The first-order valence-corrected chi connectivity index (χ1v) is 10.4. The number of esters is 1. The molecule has 4 aromatic rings. The van der Waals surface area contributed by atoms with Gasteiger partial charge in [0.1, 0.15) is 23.1 Å². The first kappa shape index (κ1) is 21.7. The molecule has 0 aliphatic carbocycles. The van der Waals surface area contributed by atoms with E-state index in [4.69, 9.17) is 13.6 Å². The quantitative estimate of drug-likeness (QED) is 0.334. The summed E-state index contributed by atoms with van der Waals surface area (Å²) in [6, 6.07) is 15.9. The summed E-state index contributed by atoms with van der Waals surface area (Å²) < 4.78 is 15.7. The second-order valence-electron chi connectivity index (χ2n) is 7.57. The third-order valence-electron chi connectivity index (χ3n) is 5.40. The minimum absolute atomic E-state index is 0.00373. The molecule has 0 fully saturated rings. The lowest BCUT2D eigenvalue weighted by Gasteiger charge is -2.11. The average Bonchev–Trinajstić information content (AvgIpc) is 3.57. The van der Waals surface area contributed by atoms with Crippen molar-refractivity contribution in [2.45, 2.75) is 6.54 Å². The topological polar surface area (TPSA) is 143 Å². The third-order valence-corrected chi connectivity index (χ3v) is 5.40. The molecule has 0 saturated heterocycles. The molecule has 3 heterocycles. The molecule has 1 aliphatic rings. The zero-order valence-corrected chi connectivity index (χ0v) is 17.9. The van der Waals surface area contributed by atoms with Crippen molar-refractivity contribution >= 4 is 40.3 Å². The van der Waals surface area contributed by atoms with Crippen LogP contribution in [0.25, 0.3) is 11.0 Å². The maximum absolute atomic E-state index is 12.7. The molecular formula is C25H15N3O7. The lowest BCUT2D eigenvalue weighted by atomic mass is 10.1. The van der Waals surface area contributed by atoms with Crippen LogP contribution >= 0.6 is 0 Å². The SMILES string of the molecule is N#Cc1oc2ccccc2c1NC(=O)COC(=O)c1ccc2c(c1)C(=O)N(Cc1ccco1)C2=O. The van der Waals surface area contributed by atoms with E-state index in [1.807, 2.05) is 6.07 Å². The number of nitriles is 1. The number of amides is 3. The van der Waals surface area contributed by atoms with Gasteiger partial charge in [-0.2, -0.15) is 5.26 Å². The Kier molecular flexibility index (Phi) is 5.35. The van der Waals surface area contributed by atoms with Crippen LogP contribution in [0.3, 0.4) is 0 Å². The Morgan fingerprint density at radius 1 is 1.03 bits per heavy atom. The van der Waals surface area contributed by atoms with Crippen molar-refractivity contribution < 1.29 is 32.7 Å². The second-order valence-corrected chi connectivity index (χ2v) is 7.57. The van der Waals surface area contributed by atoms with Gasteiger partial charge in [-0.3, -0.25) is 19.3 Å². The van der Waals surface area contributed by atoms with Crippen molar-refractivity contribution in [1.82, 2.24) is 4.90 Å². The summed E-state index contributed by atoms with van der Waals surface area (Å²) in [6.07, 6.45) is 1.44. The number of carbonyl (C=O) groups is 4. The second kappa shape index (κ2) is 8.64. The molecule has 0 atom stereocenters. The Hall–Kier alpha value is -5.17. The van der Waals surface area contributed by atoms with Gasteiger partial charge in [-0.15, -0.1) is 0 Å². The summed E-state index contributed by atoms with van der Waals surface area (Å²) in [5.41, 5.74) is 0.831. The Labute approximate surface area is 197 Å². The number of hydrogen-bond acceptors (Lipinski definition) is 8. The molecular weight excluding hydrogens is 454 g/mol. The Morgan fingerprint density at radius 2 is 1.83 bits per heavy atom. The summed E-state index contributed by atoms with van der Waals surface area (Å²) >= 11 is 0. The van der Waals surface area contributed by atoms with Crippen molar-refractivity contribution in [2.75, 3.05) is 11.9 Å². The van der Waals surface area contributed by atoms with Crippen LogP contribution in [-0.2, 0) is 16.1 Å². The number of rotatable bonds is 6. The van der Waals surface area contributed by atoms with Crippen molar-refractivity contribution in [1.29, 1.82) is 5.26 Å². The molecule has 0 spiro atoms. The summed E-state index contributed by atoms with van der Waals surface area (Å²) in [5, 5.41) is 12.3. The number of nitrogens with zero attached hydrogens (tertiary/aromatic N) is 2. The van der Waals surface area contributed by atoms with Crippen LogP contribution in [0.2, 0.25) is 0 Å². The van der Waals surface area contributed by atoms with Crippen molar-refractivity contribution in [2.24, 2.45) is 0 Å². The van der Waals surface area contributed by atoms with E-state index >= 15 is 0 Å². The lowest BCUT2D eigenvalue weighted by molar-refractivity contribution is -0.119. The lowest BCUT2D eigenvalue weighted by Crippen LogP contribution is -2.28. The van der Waals surface area contributed by atoms with Gasteiger partial charge in [0, 0.05) is 5.39 Å². The Morgan fingerprint density at radius 3 is 2.60 bits per heavy atom. The highest BCUT2D eigenvalue weighted by molar-refractivity contribution is 6.21. The van der Waals surface area contributed by atoms with E-state index < -0.39 is 30.3 Å². The van der Waals surface area contributed by atoms with Crippen molar-refractivity contribution in [3.05, 3.63) is 89.1 Å². The van der Waals surface area contributed by atoms with E-state index in [0.29, 0.717) is 16.7 Å². The number of furan rings is 2. The number of para-hydroxylation sites is 1. The number of benzene rings is 2. The van der Waals surface area contributed by atoms with E-state index in [1.165, 1.54) is 24.5 Å². The molecule has 3 amide bonds. The number of fused-ring (bicyclic) bond motifs is 2. The molecule has 1 N–H and O–H groups in total. The van der Waals surface area contributed by atoms with E-state index in [9.17, 15) is 24.4 Å². The fourth-order valence-electron chi connectivity index (χ4n) is 3.76. The number of ether oxygens (including phenoxy) is 1. The maximum Gasteiger partial charge on any atom is 0.338 e. The molecule has 5 rings (SSSR count). The van der Waals surface area contributed by atoms with Gasteiger partial charge in [-0.25, -0.2) is 4.79 Å². The van der Waals surface area contributed by atoms with E-state index in [-0.39, 0.29) is 34.7 Å². The van der Waals surface area contributed by atoms with E-state index in [1.54, 1.807) is 36.4 Å². The highest BCUT2D eigenvalue weighted by Gasteiger charge is 2.36. The highest BCUT2D eigenvalue weighted by atomic mass is 16.5. The fraction of sp³-hybridized carbons (Fsp3) is 0.0800. The van der Waals surface area contributed by atoms with Crippen LogP contribution in [0.4, 0.5) is 5.69 Å². The van der Waals surface area contributed by atoms with Crippen LogP contribution in [-0.4, -0.2) is 35.2 Å². The predicted octanol–water partition coefficient (Wildman–Crippen LogP) is 3.49. The molecule has 2 aromatic heterocycles. The molecule has 2 aromatic carbocycles. The van der Waals surface area contributed by atoms with Gasteiger partial charge in [-0.05, 0) is 42.5 Å². The third kappa shape index (κ3) is 3.91. The standard InChI is InChI=1S/C25H15N3O7/c26-11-20-22(17-5-1-2-6-19(17)35-20)27-21(29)13-34-25(32)14-7-8-16-18(10-14)24(31)28(23(16)30)12-15-4-3-9-33-15/h1-10H,12-13H2,(H,27,29). The number of nitrogens with one attached hydrogen (secondary N) is 1. The Balaban J connectivity index is 1.26. The molecule has 1 aliphatic heterocycles. The van der Waals surface area contributed by atoms with Gasteiger partial charge in [0.15, 0.2) is 6.61 Å². The number of imide groups is 1. The first-order chi connectivity index (χ1) is 17.0. The summed E-state index contributed by atoms with van der Waals surface area (Å²) in [5.74, 6) is -2.24. The molecule has 10 heteroatoms. The smallest absolute Gasteiger partial charge is 0.338 e. The summed E-state index contributed by atoms with van der Waals surface area (Å²) in [6.45, 7) is -0.676. The molecule has 172 valence electrons. The molecule has 0 saturated carbocycles. The van der Waals surface area contributed by atoms with Crippen LogP contribution in [0.15, 0.2) is 69.7 Å². The van der Waals surface area contributed by atoms with E-state index in [0.717, 1.165) is 4.90 Å². The fourth-order valence-corrected chi connectivity index (χ4v) is 3.76. The van der Waals surface area contributed by atoms with Gasteiger partial charge >= 0.3 is 5.97 Å². The van der Waals surface area contributed by atoms with E-state index in [2.05, 4.69) is 5.32 Å². The molecule has 35 heavy (non-hydrogen) atoms. The number of anilines is 1. The minimum Gasteiger partial charge on any atom is -0.467 e. The largest absolute Gasteiger partial charge is 0.467 e. The first-order valence-electron chi connectivity index (χ1n) is 10.4. The Bertz CT molecular complexity index is 1540. The maximum atomic E-state index is 12.7. The van der Waals surface area contributed by atoms with Gasteiger partial charge in [0.25, 0.3) is 17.7 Å². The van der Waals surface area contributed by atoms with Crippen molar-refractivity contribution in [3.8, 4) is 6.07 Å². The van der Waals surface area contributed by atoms with Crippen LogP contribution in [0.5, 0.6) is 0 Å². The van der Waals surface area contributed by atoms with Gasteiger partial charge in [0.05, 0.1) is 29.5 Å². The highest BCUT2D eigenvalue weighted by Crippen LogP contribution is 2.30. The monoisotopic (exact) mass is 469 g/mol. The van der Waals surface area contributed by atoms with Gasteiger partial charge in [-0.1, -0.05) is 12.1 Å². The predicted molar refractivity (Wildman–Crippen MR) is 119 cm³/mol. The molecule has 10 nitrogen and oxygen atoms in total. The number of hydrogen-bond donors (Lipinski definition) is 1. The molecule has 0 radical (unpaired) electrons. The van der Waals surface area contributed by atoms with Crippen LogP contribution < -0.4 is 5.32 Å².